The lowest BCUT2D eigenvalue weighted by Crippen LogP contribution is -2.55. The first-order valence-corrected chi connectivity index (χ1v) is 10.9. The Balaban J connectivity index is 0. The molecule has 2 unspecified atom stereocenters. The molecule has 1 rings (SSSR count). The van der Waals surface area contributed by atoms with Gasteiger partial charge in [-0.25, -0.2) is 0 Å². The van der Waals surface area contributed by atoms with Crippen LogP contribution in [-0.4, -0.2) is 0 Å². The van der Waals surface area contributed by atoms with Gasteiger partial charge in [-0.05, 0) is 57.2 Å². The summed E-state index contributed by atoms with van der Waals surface area (Å²) in [5.41, 5.74) is 2.75. The third-order valence-electron chi connectivity index (χ3n) is 7.36. The lowest BCUT2D eigenvalue weighted by atomic mass is 9.43. The summed E-state index contributed by atoms with van der Waals surface area (Å²) in [5.74, 6) is 1.78. The SMILES string of the molecule is C.CC(C)(C)C1CC(C(C)(C)C)C1(C)C.CC(C)(C)CC(C)(C)C(C)(C)C. The number of hydrogen-bond donors (Lipinski definition) is 0. The highest BCUT2D eigenvalue weighted by Gasteiger charge is 2.55. The highest BCUT2D eigenvalue weighted by Crippen LogP contribution is 2.63. The van der Waals surface area contributed by atoms with Crippen LogP contribution < -0.4 is 0 Å². The summed E-state index contributed by atoms with van der Waals surface area (Å²) in [5, 5.41) is 0. The van der Waals surface area contributed by atoms with E-state index in [1.165, 1.54) is 12.8 Å². The van der Waals surface area contributed by atoms with Crippen molar-refractivity contribution in [1.29, 1.82) is 0 Å². The van der Waals surface area contributed by atoms with Crippen molar-refractivity contribution in [1.82, 2.24) is 0 Å². The van der Waals surface area contributed by atoms with E-state index in [0.717, 1.165) is 11.8 Å². The summed E-state index contributed by atoms with van der Waals surface area (Å²) >= 11 is 0. The normalized spacial score (nSPS) is 23.6. The molecule has 2 atom stereocenters. The summed E-state index contributed by atoms with van der Waals surface area (Å²) in [6.07, 6.45) is 2.70. The lowest BCUT2D eigenvalue weighted by Gasteiger charge is -2.62. The zero-order valence-electron chi connectivity index (χ0n) is 21.6. The molecule has 1 aliphatic rings. The molecule has 1 saturated carbocycles. The molecule has 0 nitrogen and oxygen atoms in total. The Morgan fingerprint density at radius 1 is 0.630 bits per heavy atom. The Bertz CT molecular complexity index is 412. The minimum atomic E-state index is 0. The van der Waals surface area contributed by atoms with Crippen LogP contribution in [0.15, 0.2) is 0 Å². The summed E-state index contributed by atoms with van der Waals surface area (Å²) in [6, 6.07) is 0. The second-order valence-electron chi connectivity index (χ2n) is 14.8. The van der Waals surface area contributed by atoms with Crippen LogP contribution in [0.1, 0.15) is 131 Å². The minimum absolute atomic E-state index is 0. The van der Waals surface area contributed by atoms with E-state index in [2.05, 4.69) is 111 Å². The molecule has 0 bridgehead atoms. The molecule has 0 heterocycles. The van der Waals surface area contributed by atoms with Gasteiger partial charge in [0.2, 0.25) is 0 Å². The Kier molecular flexibility index (Phi) is 9.08. The predicted molar refractivity (Wildman–Crippen MR) is 128 cm³/mol. The van der Waals surface area contributed by atoms with Gasteiger partial charge in [0.25, 0.3) is 0 Å². The van der Waals surface area contributed by atoms with Crippen molar-refractivity contribution in [2.75, 3.05) is 0 Å². The lowest BCUT2D eigenvalue weighted by molar-refractivity contribution is -0.131. The van der Waals surface area contributed by atoms with Gasteiger partial charge in [-0.1, -0.05) is 118 Å². The first kappa shape index (κ1) is 29.2. The highest BCUT2D eigenvalue weighted by atomic mass is 14.6. The second kappa shape index (κ2) is 8.39. The summed E-state index contributed by atoms with van der Waals surface area (Å²) in [7, 11) is 0. The van der Waals surface area contributed by atoms with Gasteiger partial charge in [0, 0.05) is 0 Å². The monoisotopic (exact) mass is 382 g/mol. The largest absolute Gasteiger partial charge is 0.0776 e. The first-order chi connectivity index (χ1) is 10.9. The van der Waals surface area contributed by atoms with Crippen LogP contribution in [0.5, 0.6) is 0 Å². The average Bonchev–Trinajstić information content (AvgIpc) is 2.18. The van der Waals surface area contributed by atoms with Gasteiger partial charge in [0.15, 0.2) is 0 Å². The molecule has 0 saturated heterocycles. The van der Waals surface area contributed by atoms with Gasteiger partial charge in [-0.3, -0.25) is 0 Å². The molecular formula is C27H58. The third kappa shape index (κ3) is 8.10. The smallest absolute Gasteiger partial charge is 0.0287 e. The van der Waals surface area contributed by atoms with Gasteiger partial charge in [-0.15, -0.1) is 0 Å². The second-order valence-corrected chi connectivity index (χ2v) is 14.8. The van der Waals surface area contributed by atoms with E-state index in [0.29, 0.717) is 32.5 Å². The Hall–Kier alpha value is 0. The quantitative estimate of drug-likeness (QED) is 0.423. The minimum Gasteiger partial charge on any atom is -0.0776 e. The number of rotatable bonds is 1. The van der Waals surface area contributed by atoms with Crippen LogP contribution in [-0.2, 0) is 0 Å². The van der Waals surface area contributed by atoms with E-state index in [1.54, 1.807) is 0 Å². The molecular weight excluding hydrogens is 324 g/mol. The van der Waals surface area contributed by atoms with Crippen LogP contribution in [0.3, 0.4) is 0 Å². The average molecular weight is 383 g/mol. The zero-order chi connectivity index (χ0) is 21.6. The molecule has 0 aromatic carbocycles. The Morgan fingerprint density at radius 3 is 1.04 bits per heavy atom. The van der Waals surface area contributed by atoms with E-state index >= 15 is 0 Å². The molecule has 0 N–H and O–H groups in total. The van der Waals surface area contributed by atoms with E-state index in [9.17, 15) is 0 Å². The fourth-order valence-electron chi connectivity index (χ4n) is 5.46. The molecule has 0 heteroatoms. The van der Waals surface area contributed by atoms with Crippen LogP contribution in [0.25, 0.3) is 0 Å². The van der Waals surface area contributed by atoms with Crippen molar-refractivity contribution >= 4 is 0 Å². The van der Waals surface area contributed by atoms with Crippen LogP contribution in [0.4, 0.5) is 0 Å². The van der Waals surface area contributed by atoms with Crippen molar-refractivity contribution in [2.45, 2.75) is 131 Å². The van der Waals surface area contributed by atoms with Crippen molar-refractivity contribution in [3.05, 3.63) is 0 Å². The van der Waals surface area contributed by atoms with Crippen molar-refractivity contribution in [2.24, 2.45) is 44.3 Å². The van der Waals surface area contributed by atoms with Gasteiger partial charge < -0.3 is 0 Å². The summed E-state index contributed by atoms with van der Waals surface area (Å²) in [4.78, 5) is 0. The maximum Gasteiger partial charge on any atom is -0.0287 e. The van der Waals surface area contributed by atoms with E-state index < -0.39 is 0 Å². The summed E-state index contributed by atoms with van der Waals surface area (Å²) < 4.78 is 0. The molecule has 0 spiro atoms. The van der Waals surface area contributed by atoms with Crippen molar-refractivity contribution in [3.8, 4) is 0 Å². The third-order valence-corrected chi connectivity index (χ3v) is 7.36. The van der Waals surface area contributed by atoms with Crippen molar-refractivity contribution < 1.29 is 0 Å². The maximum absolute atomic E-state index is 2.46. The fourth-order valence-corrected chi connectivity index (χ4v) is 5.46. The van der Waals surface area contributed by atoms with E-state index in [1.807, 2.05) is 0 Å². The fraction of sp³-hybridized carbons (Fsp3) is 1.00. The number of hydrogen-bond acceptors (Lipinski definition) is 0. The Labute approximate surface area is 175 Å². The van der Waals surface area contributed by atoms with Crippen LogP contribution in [0.2, 0.25) is 0 Å². The molecule has 0 amide bonds. The molecule has 0 aliphatic heterocycles. The van der Waals surface area contributed by atoms with E-state index in [-0.39, 0.29) is 7.43 Å². The van der Waals surface area contributed by atoms with Gasteiger partial charge in [0.05, 0.1) is 0 Å². The molecule has 27 heavy (non-hydrogen) atoms. The highest BCUT2D eigenvalue weighted by molar-refractivity contribution is 5.04. The molecule has 166 valence electrons. The maximum atomic E-state index is 2.46. The van der Waals surface area contributed by atoms with Gasteiger partial charge in [0.1, 0.15) is 0 Å². The molecule has 0 radical (unpaired) electrons. The van der Waals surface area contributed by atoms with E-state index in [4.69, 9.17) is 0 Å². The van der Waals surface area contributed by atoms with Gasteiger partial charge >= 0.3 is 0 Å². The standard InChI is InChI=1S/C14H28.C12H26.CH4/c1-12(2,3)10-9-11(13(4,5)6)14(10,7)8;1-10(2,3)9-12(7,8)11(4,5)6;/h10-11H,9H2,1-8H3;9H2,1-8H3;1H4. The van der Waals surface area contributed by atoms with Crippen LogP contribution >= 0.6 is 0 Å². The first-order valence-electron chi connectivity index (χ1n) is 10.9. The van der Waals surface area contributed by atoms with Gasteiger partial charge in [-0.2, -0.15) is 0 Å². The van der Waals surface area contributed by atoms with Crippen molar-refractivity contribution in [3.63, 3.8) is 0 Å². The molecule has 1 fully saturated rings. The molecule has 0 aromatic heterocycles. The predicted octanol–water partition coefficient (Wildman–Crippen LogP) is 9.87. The molecule has 1 aliphatic carbocycles. The molecule has 0 aromatic rings. The topological polar surface area (TPSA) is 0 Å². The zero-order valence-corrected chi connectivity index (χ0v) is 21.6. The Morgan fingerprint density at radius 2 is 0.926 bits per heavy atom. The summed E-state index contributed by atoms with van der Waals surface area (Å²) in [6.45, 7) is 37.9. The van der Waals surface area contributed by atoms with Crippen LogP contribution in [0, 0.1) is 44.3 Å².